The summed E-state index contributed by atoms with van der Waals surface area (Å²) in [5.41, 5.74) is 1.73. The molecule has 3 N–H and O–H groups in total. The topological polar surface area (TPSA) is 95.5 Å². The van der Waals surface area contributed by atoms with Gasteiger partial charge in [-0.3, -0.25) is 9.59 Å². The van der Waals surface area contributed by atoms with Crippen LogP contribution in [0.25, 0.3) is 0 Å². The third kappa shape index (κ3) is 7.25. The van der Waals surface area contributed by atoms with Gasteiger partial charge in [0.05, 0.1) is 22.3 Å². The summed E-state index contributed by atoms with van der Waals surface area (Å²) < 4.78 is 0. The highest BCUT2D eigenvalue weighted by molar-refractivity contribution is 8.00. The molecule has 2 amide bonds. The first-order valence-corrected chi connectivity index (χ1v) is 11.5. The van der Waals surface area contributed by atoms with E-state index in [0.717, 1.165) is 10.5 Å². The Morgan fingerprint density at radius 2 is 1.64 bits per heavy atom. The lowest BCUT2D eigenvalue weighted by Crippen LogP contribution is -2.22. The van der Waals surface area contributed by atoms with Gasteiger partial charge in [0.25, 0.3) is 0 Å². The van der Waals surface area contributed by atoms with Crippen molar-refractivity contribution in [1.29, 1.82) is 0 Å². The zero-order chi connectivity index (χ0) is 24.0. The Balaban J connectivity index is 1.59. The summed E-state index contributed by atoms with van der Waals surface area (Å²) in [4.78, 5) is 36.9. The van der Waals surface area contributed by atoms with Crippen LogP contribution in [0.15, 0.2) is 71.6 Å². The second-order valence-corrected chi connectivity index (χ2v) is 9.39. The first-order chi connectivity index (χ1) is 15.7. The van der Waals surface area contributed by atoms with E-state index in [2.05, 4.69) is 10.6 Å². The number of rotatable bonds is 8. The molecule has 0 radical (unpaired) electrons. The van der Waals surface area contributed by atoms with E-state index in [-0.39, 0.29) is 28.8 Å². The van der Waals surface area contributed by atoms with Crippen LogP contribution in [0.4, 0.5) is 11.4 Å². The van der Waals surface area contributed by atoms with E-state index in [1.165, 1.54) is 23.9 Å². The molecule has 33 heavy (non-hydrogen) atoms. The lowest BCUT2D eigenvalue weighted by molar-refractivity contribution is -0.116. The van der Waals surface area contributed by atoms with Gasteiger partial charge in [-0.1, -0.05) is 41.4 Å². The number of carbonyl (C=O) groups excluding carboxylic acids is 2. The van der Waals surface area contributed by atoms with Crippen molar-refractivity contribution in [3.8, 4) is 0 Å². The molecule has 0 aromatic heterocycles. The highest BCUT2D eigenvalue weighted by Crippen LogP contribution is 2.27. The fourth-order valence-electron chi connectivity index (χ4n) is 2.91. The molecule has 0 aliphatic heterocycles. The fraction of sp³-hybridized carbons (Fsp3) is 0.125. The van der Waals surface area contributed by atoms with Crippen LogP contribution in [0, 0.1) is 0 Å². The van der Waals surface area contributed by atoms with Crippen LogP contribution in [0.2, 0.25) is 10.0 Å². The van der Waals surface area contributed by atoms with E-state index in [4.69, 9.17) is 23.2 Å². The summed E-state index contributed by atoms with van der Waals surface area (Å²) in [5, 5.41) is 15.0. The predicted octanol–water partition coefficient (Wildman–Crippen LogP) is 5.99. The van der Waals surface area contributed by atoms with Crippen molar-refractivity contribution >= 4 is 64.1 Å². The van der Waals surface area contributed by atoms with Gasteiger partial charge in [0.15, 0.2) is 0 Å². The third-order valence-corrected chi connectivity index (χ3v) is 6.22. The second kappa shape index (κ2) is 11.2. The molecule has 1 atom stereocenters. The largest absolute Gasteiger partial charge is 0.478 e. The summed E-state index contributed by atoms with van der Waals surface area (Å²) in [6.07, 6.45) is 0.215. The van der Waals surface area contributed by atoms with E-state index in [0.29, 0.717) is 16.4 Å². The van der Waals surface area contributed by atoms with E-state index < -0.39 is 11.2 Å². The second-order valence-electron chi connectivity index (χ2n) is 7.13. The number of amides is 2. The monoisotopic (exact) mass is 502 g/mol. The molecule has 3 rings (SSSR count). The molecule has 3 aromatic carbocycles. The fourth-order valence-corrected chi connectivity index (χ4v) is 4.16. The van der Waals surface area contributed by atoms with Gasteiger partial charge in [-0.2, -0.15) is 0 Å². The van der Waals surface area contributed by atoms with Crippen molar-refractivity contribution in [2.45, 2.75) is 23.5 Å². The van der Waals surface area contributed by atoms with Gasteiger partial charge >= 0.3 is 5.97 Å². The molecule has 9 heteroatoms. The van der Waals surface area contributed by atoms with Crippen molar-refractivity contribution < 1.29 is 19.5 Å². The number of benzene rings is 3. The number of hydrogen-bond donors (Lipinski definition) is 3. The van der Waals surface area contributed by atoms with Gasteiger partial charge in [0.2, 0.25) is 11.8 Å². The number of anilines is 2. The van der Waals surface area contributed by atoms with E-state index >= 15 is 0 Å². The number of carbonyl (C=O) groups is 3. The molecule has 0 bridgehead atoms. The predicted molar refractivity (Wildman–Crippen MR) is 133 cm³/mol. The number of thioether (sulfide) groups is 1. The quantitative estimate of drug-likeness (QED) is 0.328. The Morgan fingerprint density at radius 3 is 2.33 bits per heavy atom. The molecule has 0 spiro atoms. The Morgan fingerprint density at radius 1 is 0.939 bits per heavy atom. The molecule has 1 unspecified atom stereocenters. The van der Waals surface area contributed by atoms with Crippen molar-refractivity contribution in [1.82, 2.24) is 0 Å². The van der Waals surface area contributed by atoms with Crippen LogP contribution < -0.4 is 10.6 Å². The van der Waals surface area contributed by atoms with Crippen molar-refractivity contribution in [3.05, 3.63) is 87.9 Å². The van der Waals surface area contributed by atoms with E-state index in [9.17, 15) is 19.5 Å². The number of halogens is 2. The van der Waals surface area contributed by atoms with E-state index in [1.807, 2.05) is 6.07 Å². The lowest BCUT2D eigenvalue weighted by Gasteiger charge is -2.14. The molecule has 3 aromatic rings. The smallest absolute Gasteiger partial charge is 0.337 e. The third-order valence-electron chi connectivity index (χ3n) is 4.54. The molecule has 0 aliphatic carbocycles. The minimum absolute atomic E-state index is 0.0863. The van der Waals surface area contributed by atoms with Gasteiger partial charge in [0, 0.05) is 21.3 Å². The molecule has 0 heterocycles. The molecule has 170 valence electrons. The molecular weight excluding hydrogens is 483 g/mol. The Kier molecular flexibility index (Phi) is 8.38. The van der Waals surface area contributed by atoms with Gasteiger partial charge in [0.1, 0.15) is 0 Å². The van der Waals surface area contributed by atoms with Crippen molar-refractivity contribution in [2.24, 2.45) is 0 Å². The highest BCUT2D eigenvalue weighted by Gasteiger charge is 2.17. The SMILES string of the molecule is CC(Sc1cccc(NC(=O)Cc2ccc(Cl)cc2)c1)C(=O)Nc1ccc(Cl)c(C(=O)O)c1. The Labute approximate surface area is 205 Å². The van der Waals surface area contributed by atoms with Crippen LogP contribution in [-0.4, -0.2) is 28.1 Å². The highest BCUT2D eigenvalue weighted by atomic mass is 35.5. The number of nitrogens with one attached hydrogen (secondary N) is 2. The maximum Gasteiger partial charge on any atom is 0.337 e. The number of carboxylic acids is 1. The number of hydrogen-bond acceptors (Lipinski definition) is 4. The standard InChI is InChI=1S/C24H20Cl2N2O4S/c1-14(23(30)28-18-9-10-21(26)20(13-18)24(31)32)33-19-4-2-3-17(12-19)27-22(29)11-15-5-7-16(25)8-6-15/h2-10,12-14H,11H2,1H3,(H,27,29)(H,28,30)(H,31,32). The molecule has 0 aliphatic rings. The normalized spacial score (nSPS) is 11.5. The van der Waals surface area contributed by atoms with Crippen LogP contribution in [0.3, 0.4) is 0 Å². The Hall–Kier alpha value is -3.00. The van der Waals surface area contributed by atoms with Gasteiger partial charge in [-0.05, 0) is 61.0 Å². The van der Waals surface area contributed by atoms with Crippen molar-refractivity contribution in [2.75, 3.05) is 10.6 Å². The molecule has 0 fully saturated rings. The van der Waals surface area contributed by atoms with Gasteiger partial charge < -0.3 is 15.7 Å². The van der Waals surface area contributed by atoms with Crippen molar-refractivity contribution in [3.63, 3.8) is 0 Å². The van der Waals surface area contributed by atoms with Crippen LogP contribution in [-0.2, 0) is 16.0 Å². The molecular formula is C24H20Cl2N2O4S. The van der Waals surface area contributed by atoms with Gasteiger partial charge in [-0.15, -0.1) is 11.8 Å². The summed E-state index contributed by atoms with van der Waals surface area (Å²) in [6.45, 7) is 1.74. The van der Waals surface area contributed by atoms with Gasteiger partial charge in [-0.25, -0.2) is 4.79 Å². The van der Waals surface area contributed by atoms with Crippen LogP contribution in [0.5, 0.6) is 0 Å². The van der Waals surface area contributed by atoms with E-state index in [1.54, 1.807) is 55.5 Å². The average Bonchev–Trinajstić information content (AvgIpc) is 2.76. The molecule has 6 nitrogen and oxygen atoms in total. The summed E-state index contributed by atoms with van der Waals surface area (Å²) in [5.74, 6) is -1.63. The first kappa shape index (κ1) is 24.6. The van der Waals surface area contributed by atoms with Crippen LogP contribution >= 0.6 is 35.0 Å². The molecule has 0 saturated carbocycles. The maximum atomic E-state index is 12.6. The minimum atomic E-state index is -1.17. The molecule has 0 saturated heterocycles. The zero-order valence-electron chi connectivity index (χ0n) is 17.5. The zero-order valence-corrected chi connectivity index (χ0v) is 19.8. The Bertz CT molecular complexity index is 1190. The number of aromatic carboxylic acids is 1. The summed E-state index contributed by atoms with van der Waals surface area (Å²) in [7, 11) is 0. The average molecular weight is 503 g/mol. The minimum Gasteiger partial charge on any atom is -0.478 e. The maximum absolute atomic E-state index is 12.6. The summed E-state index contributed by atoms with van der Waals surface area (Å²) in [6, 6.07) is 18.6. The lowest BCUT2D eigenvalue weighted by atomic mass is 10.1. The number of carboxylic acid groups (broad SMARTS) is 1. The van der Waals surface area contributed by atoms with Crippen LogP contribution in [0.1, 0.15) is 22.8 Å². The first-order valence-electron chi connectivity index (χ1n) is 9.86. The summed E-state index contributed by atoms with van der Waals surface area (Å²) >= 11 is 13.0.